The Morgan fingerprint density at radius 3 is 2.78 bits per heavy atom. The van der Waals surface area contributed by atoms with Crippen LogP contribution in [-0.2, 0) is 17.7 Å². The van der Waals surface area contributed by atoms with Gasteiger partial charge in [0.1, 0.15) is 0 Å². The first-order valence-electron chi connectivity index (χ1n) is 6.65. The van der Waals surface area contributed by atoms with E-state index in [1.807, 2.05) is 0 Å². The van der Waals surface area contributed by atoms with E-state index in [0.717, 1.165) is 24.9 Å². The minimum Gasteiger partial charge on any atom is -0.388 e. The van der Waals surface area contributed by atoms with E-state index in [1.165, 1.54) is 5.69 Å². The van der Waals surface area contributed by atoms with Crippen LogP contribution in [0.15, 0.2) is 12.3 Å². The van der Waals surface area contributed by atoms with Crippen molar-refractivity contribution in [2.24, 2.45) is 5.41 Å². The molecule has 1 unspecified atom stereocenters. The molecule has 1 N–H and O–H groups in total. The second-order valence-electron chi connectivity index (χ2n) is 6.87. The van der Waals surface area contributed by atoms with Gasteiger partial charge in [-0.25, -0.2) is 0 Å². The van der Waals surface area contributed by atoms with Crippen LogP contribution in [0.4, 0.5) is 0 Å². The zero-order chi connectivity index (χ0) is 13.6. The van der Waals surface area contributed by atoms with Crippen molar-refractivity contribution in [3.8, 4) is 0 Å². The molecule has 0 radical (unpaired) electrons. The predicted octanol–water partition coefficient (Wildman–Crippen LogP) is 2.92. The fraction of sp³-hybridized carbons (Fsp3) is 0.733. The molecule has 1 aromatic heterocycles. The maximum absolute atomic E-state index is 10.2. The van der Waals surface area contributed by atoms with E-state index >= 15 is 0 Å². The van der Waals surface area contributed by atoms with E-state index in [1.54, 1.807) is 7.11 Å². The third kappa shape index (κ3) is 2.62. The highest BCUT2D eigenvalue weighted by Gasteiger charge is 2.34. The Morgan fingerprint density at radius 2 is 2.17 bits per heavy atom. The lowest BCUT2D eigenvalue weighted by Gasteiger charge is -2.35. The average molecular weight is 251 g/mol. The van der Waals surface area contributed by atoms with Gasteiger partial charge in [0.25, 0.3) is 0 Å². The lowest BCUT2D eigenvalue weighted by molar-refractivity contribution is 0.00659. The number of fused-ring (bicyclic) bond motifs is 1. The first-order chi connectivity index (χ1) is 8.24. The number of aromatic nitrogens is 1. The van der Waals surface area contributed by atoms with Gasteiger partial charge >= 0.3 is 0 Å². The summed E-state index contributed by atoms with van der Waals surface area (Å²) in [7, 11) is 1.74. The van der Waals surface area contributed by atoms with Gasteiger partial charge < -0.3 is 14.4 Å². The van der Waals surface area contributed by atoms with Crippen molar-refractivity contribution in [1.82, 2.24) is 4.57 Å². The molecule has 1 atom stereocenters. The number of rotatable bonds is 3. The van der Waals surface area contributed by atoms with Crippen LogP contribution in [-0.4, -0.2) is 22.4 Å². The molecule has 3 nitrogen and oxygen atoms in total. The third-order valence-electron chi connectivity index (χ3n) is 3.97. The molecule has 2 rings (SSSR count). The molecular formula is C15H25NO2. The molecule has 0 spiro atoms. The lowest BCUT2D eigenvalue weighted by Crippen LogP contribution is -2.32. The highest BCUT2D eigenvalue weighted by Crippen LogP contribution is 2.41. The van der Waals surface area contributed by atoms with Crippen molar-refractivity contribution < 1.29 is 9.84 Å². The van der Waals surface area contributed by atoms with Crippen LogP contribution in [0.25, 0.3) is 0 Å². The van der Waals surface area contributed by atoms with Gasteiger partial charge in [-0.2, -0.15) is 0 Å². The smallest absolute Gasteiger partial charge is 0.0812 e. The molecule has 0 fully saturated rings. The molecule has 102 valence electrons. The molecule has 1 aromatic rings. The van der Waals surface area contributed by atoms with Crippen molar-refractivity contribution in [1.29, 1.82) is 0 Å². The van der Waals surface area contributed by atoms with Gasteiger partial charge in [-0.3, -0.25) is 0 Å². The van der Waals surface area contributed by atoms with Crippen molar-refractivity contribution in [3.63, 3.8) is 0 Å². The summed E-state index contributed by atoms with van der Waals surface area (Å²) < 4.78 is 7.74. The van der Waals surface area contributed by atoms with E-state index in [4.69, 9.17) is 4.74 Å². The molecule has 3 heteroatoms. The monoisotopic (exact) mass is 251 g/mol. The summed E-state index contributed by atoms with van der Waals surface area (Å²) in [5, 5.41) is 10.2. The normalized spacial score (nSPS) is 22.9. The van der Waals surface area contributed by atoms with Crippen molar-refractivity contribution >= 4 is 0 Å². The summed E-state index contributed by atoms with van der Waals surface area (Å²) in [6.45, 7) is 9.44. The van der Waals surface area contributed by atoms with Crippen LogP contribution in [0.5, 0.6) is 0 Å². The molecule has 18 heavy (non-hydrogen) atoms. The number of methoxy groups -OCH3 is 1. The Hall–Kier alpha value is -0.800. The molecule has 0 saturated carbocycles. The second-order valence-corrected chi connectivity index (χ2v) is 6.87. The Bertz CT molecular complexity index is 432. The Balaban J connectivity index is 2.31. The van der Waals surface area contributed by atoms with Gasteiger partial charge in [-0.1, -0.05) is 13.8 Å². The average Bonchev–Trinajstić information content (AvgIpc) is 2.59. The highest BCUT2D eigenvalue weighted by molar-refractivity contribution is 5.29. The van der Waals surface area contributed by atoms with Crippen LogP contribution >= 0.6 is 0 Å². The van der Waals surface area contributed by atoms with Crippen molar-refractivity contribution in [2.75, 3.05) is 7.11 Å². The fourth-order valence-corrected chi connectivity index (χ4v) is 2.81. The van der Waals surface area contributed by atoms with E-state index in [9.17, 15) is 5.11 Å². The standard InChI is InChI=1S/C15H25NO2/c1-14(2)8-12-11(13(17)9-14)6-7-16(12)10-15(3,4)18-5/h6-7,13,17H,8-10H2,1-5H3. The van der Waals surface area contributed by atoms with Crippen LogP contribution in [0.3, 0.4) is 0 Å². The Morgan fingerprint density at radius 1 is 1.50 bits per heavy atom. The fourth-order valence-electron chi connectivity index (χ4n) is 2.81. The zero-order valence-corrected chi connectivity index (χ0v) is 12.2. The minimum atomic E-state index is -0.323. The maximum atomic E-state index is 10.2. The van der Waals surface area contributed by atoms with E-state index in [0.29, 0.717) is 0 Å². The largest absolute Gasteiger partial charge is 0.388 e. The predicted molar refractivity (Wildman–Crippen MR) is 72.6 cm³/mol. The zero-order valence-electron chi connectivity index (χ0n) is 12.2. The number of nitrogens with zero attached hydrogens (tertiary/aromatic N) is 1. The molecule has 1 heterocycles. The maximum Gasteiger partial charge on any atom is 0.0812 e. The highest BCUT2D eigenvalue weighted by atomic mass is 16.5. The molecule has 1 aliphatic rings. The molecule has 0 aromatic carbocycles. The second kappa shape index (κ2) is 4.39. The van der Waals surface area contributed by atoms with Gasteiger partial charge in [0.05, 0.1) is 18.2 Å². The van der Waals surface area contributed by atoms with E-state index in [-0.39, 0.29) is 17.1 Å². The first kappa shape index (κ1) is 13.6. The van der Waals surface area contributed by atoms with Gasteiger partial charge in [0.2, 0.25) is 0 Å². The van der Waals surface area contributed by atoms with Crippen LogP contribution in [0, 0.1) is 5.41 Å². The van der Waals surface area contributed by atoms with Gasteiger partial charge in [0.15, 0.2) is 0 Å². The van der Waals surface area contributed by atoms with Gasteiger partial charge in [0, 0.05) is 24.6 Å². The summed E-state index contributed by atoms with van der Waals surface area (Å²) in [4.78, 5) is 0. The molecule has 0 bridgehead atoms. The molecule has 0 saturated heterocycles. The molecule has 0 amide bonds. The summed E-state index contributed by atoms with van der Waals surface area (Å²) in [5.41, 5.74) is 2.35. The van der Waals surface area contributed by atoms with E-state index in [2.05, 4.69) is 44.5 Å². The third-order valence-corrected chi connectivity index (χ3v) is 3.97. The van der Waals surface area contributed by atoms with Crippen LogP contribution in [0.2, 0.25) is 0 Å². The van der Waals surface area contributed by atoms with Crippen LogP contribution < -0.4 is 0 Å². The number of aliphatic hydroxyl groups is 1. The number of aliphatic hydroxyl groups excluding tert-OH is 1. The number of ether oxygens (including phenoxy) is 1. The Kier molecular flexibility index (Phi) is 3.32. The van der Waals surface area contributed by atoms with Crippen molar-refractivity contribution in [2.45, 2.75) is 58.8 Å². The number of hydrogen-bond donors (Lipinski definition) is 1. The summed E-state index contributed by atoms with van der Waals surface area (Å²) in [5.74, 6) is 0. The summed E-state index contributed by atoms with van der Waals surface area (Å²) in [6.07, 6.45) is 3.62. The first-order valence-corrected chi connectivity index (χ1v) is 6.65. The minimum absolute atomic E-state index is 0.166. The van der Waals surface area contributed by atoms with Gasteiger partial charge in [-0.15, -0.1) is 0 Å². The molecule has 0 aliphatic heterocycles. The summed E-state index contributed by atoms with van der Waals surface area (Å²) in [6, 6.07) is 2.06. The molecular weight excluding hydrogens is 226 g/mol. The quantitative estimate of drug-likeness (QED) is 0.896. The lowest BCUT2D eigenvalue weighted by atomic mass is 9.75. The Labute approximate surface area is 110 Å². The SMILES string of the molecule is COC(C)(C)Cn1ccc2c1CC(C)(C)CC2O. The molecule has 1 aliphatic carbocycles. The van der Waals surface area contributed by atoms with Crippen molar-refractivity contribution in [3.05, 3.63) is 23.5 Å². The number of hydrogen-bond acceptors (Lipinski definition) is 2. The summed E-state index contributed by atoms with van der Waals surface area (Å²) >= 11 is 0. The van der Waals surface area contributed by atoms with E-state index < -0.39 is 0 Å². The van der Waals surface area contributed by atoms with Gasteiger partial charge in [-0.05, 0) is 38.2 Å². The topological polar surface area (TPSA) is 34.4 Å². The van der Waals surface area contributed by atoms with Crippen LogP contribution in [0.1, 0.15) is 51.5 Å².